The van der Waals surface area contributed by atoms with Crippen LogP contribution in [0.2, 0.25) is 10.0 Å². The maximum absolute atomic E-state index is 13.0. The number of carbonyl (C=O) groups is 2. The van der Waals surface area contributed by atoms with E-state index in [0.29, 0.717) is 27.9 Å². The van der Waals surface area contributed by atoms with E-state index in [1.54, 1.807) is 37.3 Å². The van der Waals surface area contributed by atoms with E-state index >= 15 is 0 Å². The van der Waals surface area contributed by atoms with Crippen LogP contribution < -0.4 is 10.1 Å². The van der Waals surface area contributed by atoms with Gasteiger partial charge in [0.15, 0.2) is 6.61 Å². The number of unbranched alkanes of at least 4 members (excludes halogenated alkanes) is 1. The topological polar surface area (TPSA) is 58.6 Å². The third-order valence-corrected chi connectivity index (χ3v) is 5.83. The van der Waals surface area contributed by atoms with Crippen molar-refractivity contribution in [3.63, 3.8) is 0 Å². The molecule has 8 heteroatoms. The number of benzene rings is 2. The molecule has 1 unspecified atom stereocenters. The molecule has 2 amide bonds. The summed E-state index contributed by atoms with van der Waals surface area (Å²) in [5, 5.41) is 3.83. The molecule has 0 radical (unpaired) electrons. The first kappa shape index (κ1) is 24.8. The minimum atomic E-state index is -0.679. The SMILES string of the molecule is CCCCNC(=O)C(C)N(Cc1ccc(Cl)cc1Cl)C(=O)COc1ccc(I)cc1. The summed E-state index contributed by atoms with van der Waals surface area (Å²) in [6.07, 6.45) is 1.85. The van der Waals surface area contributed by atoms with Crippen molar-refractivity contribution in [2.45, 2.75) is 39.3 Å². The zero-order valence-corrected chi connectivity index (χ0v) is 20.6. The Kier molecular flexibility index (Phi) is 10.2. The van der Waals surface area contributed by atoms with E-state index in [-0.39, 0.29) is 25.0 Å². The molecule has 0 saturated heterocycles. The number of ether oxygens (including phenoxy) is 1. The molecule has 2 rings (SSSR count). The molecule has 0 fully saturated rings. The van der Waals surface area contributed by atoms with Gasteiger partial charge in [-0.3, -0.25) is 9.59 Å². The number of amides is 2. The number of halogens is 3. The fourth-order valence-corrected chi connectivity index (χ4v) is 3.54. The lowest BCUT2D eigenvalue weighted by Gasteiger charge is -2.29. The number of hydrogen-bond donors (Lipinski definition) is 1. The van der Waals surface area contributed by atoms with Gasteiger partial charge in [0.05, 0.1) is 0 Å². The summed E-state index contributed by atoms with van der Waals surface area (Å²) in [6, 6.07) is 11.8. The molecule has 0 spiro atoms. The van der Waals surface area contributed by atoms with E-state index < -0.39 is 6.04 Å². The molecular weight excluding hydrogens is 538 g/mol. The molecule has 2 aromatic carbocycles. The first-order valence-electron chi connectivity index (χ1n) is 9.71. The Morgan fingerprint density at radius 2 is 1.87 bits per heavy atom. The number of hydrogen-bond acceptors (Lipinski definition) is 3. The molecule has 0 aromatic heterocycles. The van der Waals surface area contributed by atoms with Crippen molar-refractivity contribution >= 4 is 57.6 Å². The lowest BCUT2D eigenvalue weighted by molar-refractivity contribution is -0.142. The lowest BCUT2D eigenvalue weighted by Crippen LogP contribution is -2.49. The second-order valence-electron chi connectivity index (χ2n) is 6.82. The number of rotatable bonds is 10. The highest BCUT2D eigenvalue weighted by molar-refractivity contribution is 14.1. The standard InChI is InChI=1S/C22H25Cl2IN2O3/c1-3-4-11-26-22(29)15(2)27(13-16-5-6-17(23)12-20(16)24)21(28)14-30-19-9-7-18(25)8-10-19/h5-10,12,15H,3-4,11,13-14H2,1-2H3,(H,26,29). The average Bonchev–Trinajstić information content (AvgIpc) is 2.72. The highest BCUT2D eigenvalue weighted by atomic mass is 127. The summed E-state index contributed by atoms with van der Waals surface area (Å²) < 4.78 is 6.71. The van der Waals surface area contributed by atoms with E-state index in [1.807, 2.05) is 12.1 Å². The molecule has 2 aromatic rings. The Labute approximate surface area is 201 Å². The van der Waals surface area contributed by atoms with Crippen LogP contribution in [0.4, 0.5) is 0 Å². The Morgan fingerprint density at radius 3 is 2.50 bits per heavy atom. The third-order valence-electron chi connectivity index (χ3n) is 4.53. The monoisotopic (exact) mass is 562 g/mol. The van der Waals surface area contributed by atoms with E-state index in [2.05, 4.69) is 34.8 Å². The summed E-state index contributed by atoms with van der Waals surface area (Å²) in [5.41, 5.74) is 0.705. The van der Waals surface area contributed by atoms with Crippen molar-refractivity contribution in [2.75, 3.05) is 13.2 Å². The number of carbonyl (C=O) groups excluding carboxylic acids is 2. The molecule has 162 valence electrons. The van der Waals surface area contributed by atoms with Gasteiger partial charge < -0.3 is 15.0 Å². The quantitative estimate of drug-likeness (QED) is 0.315. The Hall–Kier alpha value is -1.51. The summed E-state index contributed by atoms with van der Waals surface area (Å²) in [6.45, 7) is 4.32. The van der Waals surface area contributed by atoms with Crippen molar-refractivity contribution in [2.24, 2.45) is 0 Å². The van der Waals surface area contributed by atoms with Crippen LogP contribution >= 0.6 is 45.8 Å². The first-order chi connectivity index (χ1) is 14.3. The molecule has 0 heterocycles. The van der Waals surface area contributed by atoms with Crippen LogP contribution in [-0.2, 0) is 16.1 Å². The molecule has 0 aliphatic carbocycles. The minimum absolute atomic E-state index is 0.174. The van der Waals surface area contributed by atoms with Crippen molar-refractivity contribution in [1.29, 1.82) is 0 Å². The smallest absolute Gasteiger partial charge is 0.261 e. The van der Waals surface area contributed by atoms with Gasteiger partial charge in [-0.15, -0.1) is 0 Å². The fraction of sp³-hybridized carbons (Fsp3) is 0.364. The molecule has 0 saturated carbocycles. The van der Waals surface area contributed by atoms with Crippen molar-refractivity contribution in [3.05, 3.63) is 61.6 Å². The zero-order chi connectivity index (χ0) is 22.1. The number of nitrogens with one attached hydrogen (secondary N) is 1. The van der Waals surface area contributed by atoms with Crippen LogP contribution in [0.3, 0.4) is 0 Å². The molecule has 0 aliphatic heterocycles. The third kappa shape index (κ3) is 7.63. The van der Waals surface area contributed by atoms with Crippen molar-refractivity contribution in [1.82, 2.24) is 10.2 Å². The van der Waals surface area contributed by atoms with Crippen LogP contribution in [0.5, 0.6) is 5.75 Å². The highest BCUT2D eigenvalue weighted by Crippen LogP contribution is 2.23. The second kappa shape index (κ2) is 12.4. The minimum Gasteiger partial charge on any atom is -0.484 e. The highest BCUT2D eigenvalue weighted by Gasteiger charge is 2.27. The first-order valence-corrected chi connectivity index (χ1v) is 11.5. The van der Waals surface area contributed by atoms with Gasteiger partial charge >= 0.3 is 0 Å². The summed E-state index contributed by atoms with van der Waals surface area (Å²) in [7, 11) is 0. The van der Waals surface area contributed by atoms with Crippen LogP contribution in [0, 0.1) is 3.57 Å². The largest absolute Gasteiger partial charge is 0.484 e. The van der Waals surface area contributed by atoms with E-state index in [9.17, 15) is 9.59 Å². The van der Waals surface area contributed by atoms with Gasteiger partial charge in [-0.1, -0.05) is 42.6 Å². The Morgan fingerprint density at radius 1 is 1.17 bits per heavy atom. The zero-order valence-electron chi connectivity index (χ0n) is 17.0. The molecule has 30 heavy (non-hydrogen) atoms. The van der Waals surface area contributed by atoms with Crippen LogP contribution in [0.15, 0.2) is 42.5 Å². The lowest BCUT2D eigenvalue weighted by atomic mass is 10.1. The molecule has 5 nitrogen and oxygen atoms in total. The summed E-state index contributed by atoms with van der Waals surface area (Å²) in [5.74, 6) is 0.0714. The normalized spacial score (nSPS) is 11.6. The van der Waals surface area contributed by atoms with Gasteiger partial charge in [0.2, 0.25) is 5.91 Å². The molecular formula is C22H25Cl2IN2O3. The van der Waals surface area contributed by atoms with E-state index in [0.717, 1.165) is 16.4 Å². The van der Waals surface area contributed by atoms with Crippen LogP contribution in [0.25, 0.3) is 0 Å². The molecule has 1 atom stereocenters. The second-order valence-corrected chi connectivity index (χ2v) is 8.91. The van der Waals surface area contributed by atoms with Gasteiger partial charge in [-0.2, -0.15) is 0 Å². The Balaban J connectivity index is 2.14. The van der Waals surface area contributed by atoms with Crippen molar-refractivity contribution in [3.8, 4) is 5.75 Å². The van der Waals surface area contributed by atoms with Gasteiger partial charge in [-0.25, -0.2) is 0 Å². The molecule has 0 aliphatic rings. The summed E-state index contributed by atoms with van der Waals surface area (Å²) in [4.78, 5) is 27.1. The maximum Gasteiger partial charge on any atom is 0.261 e. The fourth-order valence-electron chi connectivity index (χ4n) is 2.71. The predicted octanol–water partition coefficient (Wildman–Crippen LogP) is 5.31. The predicted molar refractivity (Wildman–Crippen MR) is 129 cm³/mol. The van der Waals surface area contributed by atoms with Crippen LogP contribution in [0.1, 0.15) is 32.3 Å². The maximum atomic E-state index is 13.0. The van der Waals surface area contributed by atoms with Gasteiger partial charge in [0, 0.05) is 26.7 Å². The molecule has 0 bridgehead atoms. The Bertz CT molecular complexity index is 862. The van der Waals surface area contributed by atoms with E-state index in [4.69, 9.17) is 27.9 Å². The van der Waals surface area contributed by atoms with Gasteiger partial charge in [0.25, 0.3) is 5.91 Å². The number of nitrogens with zero attached hydrogens (tertiary/aromatic N) is 1. The molecule has 1 N–H and O–H groups in total. The van der Waals surface area contributed by atoms with Crippen molar-refractivity contribution < 1.29 is 14.3 Å². The summed E-state index contributed by atoms with van der Waals surface area (Å²) >= 11 is 14.5. The van der Waals surface area contributed by atoms with Crippen LogP contribution in [-0.4, -0.2) is 35.9 Å². The van der Waals surface area contributed by atoms with Gasteiger partial charge in [0.1, 0.15) is 11.8 Å². The van der Waals surface area contributed by atoms with E-state index in [1.165, 1.54) is 4.90 Å². The van der Waals surface area contributed by atoms with Gasteiger partial charge in [-0.05, 0) is 77.9 Å². The average molecular weight is 563 g/mol.